The Morgan fingerprint density at radius 1 is 1.16 bits per heavy atom. The minimum atomic E-state index is -3.78. The van der Waals surface area contributed by atoms with Crippen LogP contribution in [0, 0.1) is 0 Å². The number of carbonyl (C=O) groups is 1. The molecule has 3 aromatic rings. The minimum absolute atomic E-state index is 0. The number of hydrogen-bond acceptors (Lipinski definition) is 7. The molecule has 1 amide bonds. The average molecular weight is 467 g/mol. The van der Waals surface area contributed by atoms with Gasteiger partial charge < -0.3 is 29.4 Å². The van der Waals surface area contributed by atoms with Crippen LogP contribution in [-0.4, -0.2) is 44.4 Å². The average Bonchev–Trinajstić information content (AvgIpc) is 2.69. The molecule has 168 valence electrons. The smallest absolute Gasteiger partial charge is 0.221 e. The Morgan fingerprint density at radius 3 is 2.65 bits per heavy atom. The topological polar surface area (TPSA) is 113 Å². The molecule has 31 heavy (non-hydrogen) atoms. The molecule has 0 spiro atoms. The van der Waals surface area contributed by atoms with E-state index in [1.807, 2.05) is 24.3 Å². The van der Waals surface area contributed by atoms with Gasteiger partial charge in [0.15, 0.2) is 0 Å². The van der Waals surface area contributed by atoms with E-state index in [9.17, 15) is 14.3 Å². The second-order valence-electron chi connectivity index (χ2n) is 6.66. The lowest BCUT2D eigenvalue weighted by Crippen LogP contribution is -2.28. The highest BCUT2D eigenvalue weighted by atomic mass is 35.5. The fraction of sp³-hybridized carbons (Fsp3) is 0.333. The summed E-state index contributed by atoms with van der Waals surface area (Å²) in [5.74, 6) is 0.483. The van der Waals surface area contributed by atoms with Gasteiger partial charge in [-0.25, -0.2) is 4.98 Å². The highest BCUT2D eigenvalue weighted by Gasteiger charge is 2.11. The van der Waals surface area contributed by atoms with Crippen molar-refractivity contribution in [2.24, 2.45) is 0 Å². The van der Waals surface area contributed by atoms with Crippen LogP contribution in [0.15, 0.2) is 36.4 Å². The number of benzene rings is 2. The van der Waals surface area contributed by atoms with Crippen molar-refractivity contribution in [3.63, 3.8) is 0 Å². The van der Waals surface area contributed by atoms with Gasteiger partial charge in [0.2, 0.25) is 5.91 Å². The zero-order chi connectivity index (χ0) is 21.7. The summed E-state index contributed by atoms with van der Waals surface area (Å²) in [6, 6.07) is 11.1. The zero-order valence-corrected chi connectivity index (χ0v) is 18.3. The summed E-state index contributed by atoms with van der Waals surface area (Å²) in [7, 11) is -2.19. The fourth-order valence-electron chi connectivity index (χ4n) is 3.01. The molecule has 1 heterocycles. The number of halogens is 1. The Labute approximate surface area is 186 Å². The molecule has 1 atom stereocenters. The summed E-state index contributed by atoms with van der Waals surface area (Å²) in [5.41, 5.74) is 2.35. The first-order chi connectivity index (χ1) is 14.3. The van der Waals surface area contributed by atoms with E-state index in [-0.39, 0.29) is 32.9 Å². The molecule has 1 unspecified atom stereocenters. The number of anilines is 1. The van der Waals surface area contributed by atoms with Crippen LogP contribution in [0.25, 0.3) is 21.8 Å². The summed E-state index contributed by atoms with van der Waals surface area (Å²) in [5, 5.41) is 8.28. The molecule has 0 saturated carbocycles. The van der Waals surface area contributed by atoms with Crippen molar-refractivity contribution in [2.75, 3.05) is 38.8 Å². The molecule has 10 heteroatoms. The summed E-state index contributed by atoms with van der Waals surface area (Å²) >= 11 is 6.12. The number of ether oxygens (including phenoxy) is 1. The van der Waals surface area contributed by atoms with Gasteiger partial charge >= 0.3 is 0 Å². The van der Waals surface area contributed by atoms with Gasteiger partial charge in [0.05, 0.1) is 30.4 Å². The van der Waals surface area contributed by atoms with E-state index < -0.39 is 7.60 Å². The fourth-order valence-corrected chi connectivity index (χ4v) is 3.59. The van der Waals surface area contributed by atoms with Gasteiger partial charge in [0.25, 0.3) is 0 Å². The van der Waals surface area contributed by atoms with E-state index in [0.717, 1.165) is 34.2 Å². The molecule has 0 bridgehead atoms. The number of aromatic nitrogens is 1. The third-order valence-electron chi connectivity index (χ3n) is 4.35. The van der Waals surface area contributed by atoms with Crippen molar-refractivity contribution in [3.8, 4) is 5.75 Å². The number of fused-ring (bicyclic) bond motifs is 2. The highest BCUT2D eigenvalue weighted by molar-refractivity contribution is 7.50. The normalized spacial score (nSPS) is 12.8. The first kappa shape index (κ1) is 24.9. The van der Waals surface area contributed by atoms with Crippen molar-refractivity contribution in [1.29, 1.82) is 0 Å². The lowest BCUT2D eigenvalue weighted by molar-refractivity contribution is -0.196. The van der Waals surface area contributed by atoms with Crippen molar-refractivity contribution < 1.29 is 23.5 Å². The van der Waals surface area contributed by atoms with Crippen LogP contribution in [0.2, 0.25) is 5.02 Å². The summed E-state index contributed by atoms with van der Waals surface area (Å²) in [4.78, 5) is 27.6. The number of amides is 1. The van der Waals surface area contributed by atoms with E-state index in [0.29, 0.717) is 17.3 Å². The van der Waals surface area contributed by atoms with Crippen molar-refractivity contribution in [3.05, 3.63) is 41.4 Å². The van der Waals surface area contributed by atoms with Gasteiger partial charge in [-0.15, -0.1) is 0 Å². The van der Waals surface area contributed by atoms with Gasteiger partial charge in [-0.2, -0.15) is 0 Å². The molecule has 2 N–H and O–H groups in total. The lowest BCUT2D eigenvalue weighted by Gasteiger charge is -2.17. The summed E-state index contributed by atoms with van der Waals surface area (Å²) < 4.78 is 20.9. The highest BCUT2D eigenvalue weighted by Crippen LogP contribution is 2.34. The lowest BCUT2D eigenvalue weighted by atomic mass is 10.1. The second-order valence-corrected chi connectivity index (χ2v) is 8.90. The van der Waals surface area contributed by atoms with Crippen molar-refractivity contribution in [2.45, 2.75) is 13.8 Å². The molecule has 0 fully saturated rings. The number of methoxy groups -OCH3 is 1. The third kappa shape index (κ3) is 6.80. The van der Waals surface area contributed by atoms with Crippen LogP contribution >= 0.6 is 19.2 Å². The Morgan fingerprint density at radius 2 is 1.94 bits per heavy atom. The molecule has 1 aromatic heterocycles. The molecular weight excluding hydrogens is 441 g/mol. The van der Waals surface area contributed by atoms with Crippen LogP contribution in [-0.2, 0) is 13.9 Å². The molecule has 0 aliphatic rings. The van der Waals surface area contributed by atoms with E-state index in [2.05, 4.69) is 20.1 Å². The number of hydrogen-bond donors (Lipinski definition) is 2. The number of nitrogens with zero attached hydrogens (tertiary/aromatic N) is 1. The first-order valence-corrected chi connectivity index (χ1v) is 11.6. The Hall–Kier alpha value is -2.38. The SMILES string of the molecule is C.COc1ccc2nc3cc(Cl)ccc3c(NCCC(=O)NCCOP(C)(=O)[O-])c2c1. The van der Waals surface area contributed by atoms with Gasteiger partial charge in [-0.3, -0.25) is 4.79 Å². The zero-order valence-electron chi connectivity index (χ0n) is 16.6. The molecule has 8 nitrogen and oxygen atoms in total. The van der Waals surface area contributed by atoms with Gasteiger partial charge in [-0.1, -0.05) is 19.0 Å². The van der Waals surface area contributed by atoms with Gasteiger partial charge in [-0.05, 0) is 36.4 Å². The van der Waals surface area contributed by atoms with Crippen molar-refractivity contribution >= 4 is 52.6 Å². The molecule has 3 rings (SSSR count). The predicted octanol–water partition coefficient (Wildman–Crippen LogP) is 3.80. The van der Waals surface area contributed by atoms with E-state index in [1.165, 1.54) is 0 Å². The molecular formula is C21H26ClN3O5P-. The van der Waals surface area contributed by atoms with Crippen LogP contribution in [0.4, 0.5) is 5.69 Å². The van der Waals surface area contributed by atoms with E-state index in [1.54, 1.807) is 19.2 Å². The number of rotatable bonds is 9. The minimum Gasteiger partial charge on any atom is -0.779 e. The Kier molecular flexibility index (Phi) is 8.65. The molecule has 0 aliphatic carbocycles. The van der Waals surface area contributed by atoms with Crippen LogP contribution in [0.5, 0.6) is 5.75 Å². The van der Waals surface area contributed by atoms with Gasteiger partial charge in [0, 0.05) is 42.0 Å². The standard InChI is InChI=1S/C20H23ClN3O5P.CH4/c1-28-14-4-6-17-16(12-14)20(15-5-3-13(21)11-18(15)24-17)23-8-7-19(25)22-9-10-29-30(2,26)27;/h3-6,11-12H,7-10H2,1-2H3,(H,22,25)(H,23,24)(H,26,27);1H4/p-1. The number of carbonyl (C=O) groups excluding carboxylic acids is 1. The summed E-state index contributed by atoms with van der Waals surface area (Å²) in [6.45, 7) is 1.39. The van der Waals surface area contributed by atoms with Crippen molar-refractivity contribution in [1.82, 2.24) is 10.3 Å². The molecule has 0 saturated heterocycles. The number of pyridine rings is 1. The quantitative estimate of drug-likeness (QED) is 0.280. The van der Waals surface area contributed by atoms with E-state index in [4.69, 9.17) is 16.3 Å². The largest absolute Gasteiger partial charge is 0.779 e. The maximum atomic E-state index is 12.0. The van der Waals surface area contributed by atoms with Crippen LogP contribution in [0.1, 0.15) is 13.8 Å². The van der Waals surface area contributed by atoms with Gasteiger partial charge in [0.1, 0.15) is 13.3 Å². The molecule has 0 aliphatic heterocycles. The molecule has 2 aromatic carbocycles. The maximum absolute atomic E-state index is 12.0. The predicted molar refractivity (Wildman–Crippen MR) is 123 cm³/mol. The van der Waals surface area contributed by atoms with Crippen LogP contribution in [0.3, 0.4) is 0 Å². The van der Waals surface area contributed by atoms with Crippen LogP contribution < -0.4 is 20.3 Å². The monoisotopic (exact) mass is 466 g/mol. The second kappa shape index (κ2) is 10.8. The summed E-state index contributed by atoms with van der Waals surface area (Å²) in [6.07, 6.45) is 0.198. The third-order valence-corrected chi connectivity index (χ3v) is 5.23. The number of nitrogens with one attached hydrogen (secondary N) is 2. The Balaban J connectivity index is 0.00000341. The first-order valence-electron chi connectivity index (χ1n) is 9.27. The maximum Gasteiger partial charge on any atom is 0.221 e. The Bertz CT molecular complexity index is 1120. The molecule has 0 radical (unpaired) electrons. The van der Waals surface area contributed by atoms with E-state index >= 15 is 0 Å².